The fourth-order valence-electron chi connectivity index (χ4n) is 3.73. The van der Waals surface area contributed by atoms with E-state index in [1.54, 1.807) is 17.4 Å². The predicted octanol–water partition coefficient (Wildman–Crippen LogP) is 4.07. The van der Waals surface area contributed by atoms with Gasteiger partial charge >= 0.3 is 0 Å². The molecule has 0 spiro atoms. The molecule has 1 unspecified atom stereocenters. The summed E-state index contributed by atoms with van der Waals surface area (Å²) in [6.07, 6.45) is 5.71. The molecular formula is C21H24N4OS. The molecule has 1 amide bonds. The Balaban J connectivity index is 1.49. The van der Waals surface area contributed by atoms with Crippen LogP contribution in [0.15, 0.2) is 30.3 Å². The van der Waals surface area contributed by atoms with Gasteiger partial charge in [0.05, 0.1) is 20.9 Å². The largest absolute Gasteiger partial charge is 0.338 e. The average Bonchev–Trinajstić information content (AvgIpc) is 3.21. The summed E-state index contributed by atoms with van der Waals surface area (Å²) in [7, 11) is 1.93. The monoisotopic (exact) mass is 380 g/mol. The SMILES string of the molecule is Cc1nn(C)c(C)c1C=CC(=O)N1CCCC(c2nc3ccccc3s2)C1. The molecule has 1 aliphatic rings. The van der Waals surface area contributed by atoms with Gasteiger partial charge < -0.3 is 4.90 Å². The molecule has 1 fully saturated rings. The van der Waals surface area contributed by atoms with Crippen molar-refractivity contribution in [2.45, 2.75) is 32.6 Å². The molecule has 4 rings (SSSR count). The number of piperidine rings is 1. The van der Waals surface area contributed by atoms with Gasteiger partial charge in [0.25, 0.3) is 0 Å². The maximum absolute atomic E-state index is 12.7. The van der Waals surface area contributed by atoms with E-state index in [1.807, 2.05) is 48.7 Å². The van der Waals surface area contributed by atoms with Crippen LogP contribution in [0.1, 0.15) is 40.7 Å². The van der Waals surface area contributed by atoms with Gasteiger partial charge in [-0.25, -0.2) is 4.98 Å². The fourth-order valence-corrected chi connectivity index (χ4v) is 4.83. The summed E-state index contributed by atoms with van der Waals surface area (Å²) in [5.74, 6) is 0.402. The van der Waals surface area contributed by atoms with Crippen molar-refractivity contribution in [2.24, 2.45) is 7.05 Å². The Morgan fingerprint density at radius 1 is 1.30 bits per heavy atom. The first-order valence-corrected chi connectivity index (χ1v) is 10.2. The van der Waals surface area contributed by atoms with E-state index in [9.17, 15) is 4.79 Å². The lowest BCUT2D eigenvalue weighted by Gasteiger charge is -2.31. The van der Waals surface area contributed by atoms with Crippen molar-refractivity contribution in [3.8, 4) is 0 Å². The molecule has 0 bridgehead atoms. The molecule has 0 radical (unpaired) electrons. The van der Waals surface area contributed by atoms with Crippen LogP contribution in [0.3, 0.4) is 0 Å². The molecule has 1 atom stereocenters. The van der Waals surface area contributed by atoms with Crippen molar-refractivity contribution in [3.63, 3.8) is 0 Å². The van der Waals surface area contributed by atoms with Crippen LogP contribution in [-0.2, 0) is 11.8 Å². The first-order chi connectivity index (χ1) is 13.0. The number of benzene rings is 1. The summed E-state index contributed by atoms with van der Waals surface area (Å²) in [6, 6.07) is 8.25. The smallest absolute Gasteiger partial charge is 0.246 e. The lowest BCUT2D eigenvalue weighted by atomic mass is 9.98. The molecule has 0 aliphatic carbocycles. The van der Waals surface area contributed by atoms with E-state index in [2.05, 4.69) is 17.2 Å². The second-order valence-corrected chi connectivity index (χ2v) is 8.25. The van der Waals surface area contributed by atoms with Crippen LogP contribution in [0.2, 0.25) is 0 Å². The zero-order valence-corrected chi connectivity index (χ0v) is 16.8. The number of amides is 1. The number of carbonyl (C=O) groups excluding carboxylic acids is 1. The molecule has 0 saturated carbocycles. The molecule has 3 aromatic rings. The molecule has 1 saturated heterocycles. The van der Waals surface area contributed by atoms with Gasteiger partial charge in [0.2, 0.25) is 5.91 Å². The van der Waals surface area contributed by atoms with Crippen molar-refractivity contribution in [1.29, 1.82) is 0 Å². The maximum atomic E-state index is 12.7. The number of para-hydroxylation sites is 1. The van der Waals surface area contributed by atoms with Crippen LogP contribution in [0.4, 0.5) is 0 Å². The van der Waals surface area contributed by atoms with Crippen molar-refractivity contribution < 1.29 is 4.79 Å². The number of hydrogen-bond acceptors (Lipinski definition) is 4. The standard InChI is InChI=1S/C21H24N4OS/c1-14-17(15(2)24(3)23-14)10-11-20(26)25-12-6-7-16(13-25)21-22-18-8-4-5-9-19(18)27-21/h4-5,8-11,16H,6-7,12-13H2,1-3H3. The highest BCUT2D eigenvalue weighted by atomic mass is 32.1. The number of carbonyl (C=O) groups is 1. The lowest BCUT2D eigenvalue weighted by Crippen LogP contribution is -2.38. The molecule has 0 N–H and O–H groups in total. The van der Waals surface area contributed by atoms with Crippen LogP contribution >= 0.6 is 11.3 Å². The summed E-state index contributed by atoms with van der Waals surface area (Å²) < 4.78 is 3.07. The van der Waals surface area contributed by atoms with Crippen LogP contribution in [0, 0.1) is 13.8 Å². The molecule has 1 aromatic carbocycles. The molecule has 140 valence electrons. The van der Waals surface area contributed by atoms with E-state index in [1.165, 1.54) is 4.70 Å². The van der Waals surface area contributed by atoms with Crippen LogP contribution < -0.4 is 0 Å². The van der Waals surface area contributed by atoms with Crippen molar-refractivity contribution in [1.82, 2.24) is 19.7 Å². The Hall–Kier alpha value is -2.47. The molecular weight excluding hydrogens is 356 g/mol. The number of fused-ring (bicyclic) bond motifs is 1. The molecule has 1 aliphatic heterocycles. The van der Waals surface area contributed by atoms with Gasteiger partial charge in [-0.15, -0.1) is 11.3 Å². The zero-order valence-electron chi connectivity index (χ0n) is 16.0. The number of nitrogens with zero attached hydrogens (tertiary/aromatic N) is 4. The summed E-state index contributed by atoms with van der Waals surface area (Å²) in [4.78, 5) is 19.5. The Kier molecular flexibility index (Phi) is 4.83. The van der Waals surface area contributed by atoms with Gasteiger partial charge in [-0.2, -0.15) is 5.10 Å². The van der Waals surface area contributed by atoms with Crippen LogP contribution in [-0.4, -0.2) is 38.7 Å². The van der Waals surface area contributed by atoms with E-state index in [-0.39, 0.29) is 5.91 Å². The first kappa shape index (κ1) is 17.9. The summed E-state index contributed by atoms with van der Waals surface area (Å²) in [5.41, 5.74) is 4.11. The number of hydrogen-bond donors (Lipinski definition) is 0. The van der Waals surface area contributed by atoms with Gasteiger partial charge in [-0.3, -0.25) is 9.48 Å². The lowest BCUT2D eigenvalue weighted by molar-refractivity contribution is -0.127. The van der Waals surface area contributed by atoms with Crippen LogP contribution in [0.25, 0.3) is 16.3 Å². The normalized spacial score (nSPS) is 17.9. The van der Waals surface area contributed by atoms with Crippen molar-refractivity contribution >= 4 is 33.5 Å². The molecule has 2 aromatic heterocycles. The second kappa shape index (κ2) is 7.27. The third-order valence-corrected chi connectivity index (χ3v) is 6.55. The Labute approximate surface area is 163 Å². The first-order valence-electron chi connectivity index (χ1n) is 9.35. The topological polar surface area (TPSA) is 51.0 Å². The van der Waals surface area contributed by atoms with E-state index >= 15 is 0 Å². The molecule has 6 heteroatoms. The van der Waals surface area contributed by atoms with Gasteiger partial charge in [0.1, 0.15) is 0 Å². The van der Waals surface area contributed by atoms with Crippen molar-refractivity contribution in [2.75, 3.05) is 13.1 Å². The highest BCUT2D eigenvalue weighted by molar-refractivity contribution is 7.18. The van der Waals surface area contributed by atoms with Gasteiger partial charge in [0.15, 0.2) is 0 Å². The van der Waals surface area contributed by atoms with E-state index < -0.39 is 0 Å². The maximum Gasteiger partial charge on any atom is 0.246 e. The van der Waals surface area contributed by atoms with E-state index in [0.717, 1.165) is 53.4 Å². The Morgan fingerprint density at radius 3 is 2.85 bits per heavy atom. The zero-order chi connectivity index (χ0) is 19.0. The number of rotatable bonds is 3. The summed E-state index contributed by atoms with van der Waals surface area (Å²) in [5, 5.41) is 5.56. The predicted molar refractivity (Wildman–Crippen MR) is 110 cm³/mol. The molecule has 27 heavy (non-hydrogen) atoms. The highest BCUT2D eigenvalue weighted by Gasteiger charge is 2.26. The third kappa shape index (κ3) is 3.54. The number of aromatic nitrogens is 3. The minimum atomic E-state index is 0.0727. The Morgan fingerprint density at radius 2 is 2.11 bits per heavy atom. The average molecular weight is 381 g/mol. The number of aryl methyl sites for hydroxylation is 2. The van der Waals surface area contributed by atoms with Gasteiger partial charge in [-0.05, 0) is 44.9 Å². The number of likely N-dealkylation sites (tertiary alicyclic amines) is 1. The van der Waals surface area contributed by atoms with Crippen molar-refractivity contribution in [3.05, 3.63) is 52.3 Å². The number of thiazole rings is 1. The third-order valence-electron chi connectivity index (χ3n) is 5.35. The van der Waals surface area contributed by atoms with Crippen LogP contribution in [0.5, 0.6) is 0 Å². The molecule has 3 heterocycles. The van der Waals surface area contributed by atoms with E-state index in [4.69, 9.17) is 4.98 Å². The highest BCUT2D eigenvalue weighted by Crippen LogP contribution is 2.33. The van der Waals surface area contributed by atoms with Gasteiger partial charge in [0, 0.05) is 43.4 Å². The van der Waals surface area contributed by atoms with Gasteiger partial charge in [-0.1, -0.05) is 12.1 Å². The minimum absolute atomic E-state index is 0.0727. The second-order valence-electron chi connectivity index (χ2n) is 7.18. The van der Waals surface area contributed by atoms with E-state index in [0.29, 0.717) is 5.92 Å². The minimum Gasteiger partial charge on any atom is -0.338 e. The summed E-state index contributed by atoms with van der Waals surface area (Å²) >= 11 is 1.76. The fraction of sp³-hybridized carbons (Fsp3) is 0.381. The quantitative estimate of drug-likeness (QED) is 0.644. The molecule has 5 nitrogen and oxygen atoms in total. The summed E-state index contributed by atoms with van der Waals surface area (Å²) in [6.45, 7) is 5.55. The Bertz CT molecular complexity index is 984.